The van der Waals surface area contributed by atoms with Crippen LogP contribution >= 0.6 is 0 Å². The molecule has 0 bridgehead atoms. The molecule has 0 saturated carbocycles. The zero-order chi connectivity index (χ0) is 23.5. The molecule has 3 N–H and O–H groups in total. The molecule has 1 saturated heterocycles. The second-order valence-corrected chi connectivity index (χ2v) is 8.30. The number of carbonyl (C=O) groups is 1. The molecule has 1 fully saturated rings. The molecule has 1 aromatic carbocycles. The molecular formula is C25H27N6O3+. The number of hydrogen-bond acceptors (Lipinski definition) is 6. The molecule has 0 radical (unpaired) electrons. The largest absolute Gasteiger partial charge is 0.379 e. The lowest BCUT2D eigenvalue weighted by molar-refractivity contribution is -0.658. The van der Waals surface area contributed by atoms with Crippen molar-refractivity contribution in [2.75, 3.05) is 38.6 Å². The number of aromatic nitrogens is 3. The number of amides is 1. The molecule has 0 unspecified atom stereocenters. The summed E-state index contributed by atoms with van der Waals surface area (Å²) in [5.74, 6) is -0.0422. The molecule has 174 valence electrons. The highest BCUT2D eigenvalue weighted by atomic mass is 16.5. The lowest BCUT2D eigenvalue weighted by Gasteiger charge is -2.26. The molecule has 9 heteroatoms. The lowest BCUT2D eigenvalue weighted by atomic mass is 10.1. The summed E-state index contributed by atoms with van der Waals surface area (Å²) in [5, 5.41) is 3.27. The first-order valence-electron chi connectivity index (χ1n) is 11.4. The van der Waals surface area contributed by atoms with E-state index in [1.165, 1.54) is 4.40 Å². The highest BCUT2D eigenvalue weighted by Crippen LogP contribution is 2.15. The molecule has 0 spiro atoms. The van der Waals surface area contributed by atoms with Crippen molar-refractivity contribution in [3.63, 3.8) is 0 Å². The summed E-state index contributed by atoms with van der Waals surface area (Å²) in [6.07, 6.45) is 1.67. The Hall–Kier alpha value is -3.82. The number of nitrogen functional groups attached to an aromatic ring is 1. The van der Waals surface area contributed by atoms with Crippen LogP contribution in [-0.4, -0.2) is 53.0 Å². The van der Waals surface area contributed by atoms with E-state index >= 15 is 0 Å². The van der Waals surface area contributed by atoms with Crippen LogP contribution in [0.1, 0.15) is 15.9 Å². The van der Waals surface area contributed by atoms with Crippen molar-refractivity contribution >= 4 is 28.4 Å². The maximum atomic E-state index is 13.3. The zero-order valence-electron chi connectivity index (χ0n) is 18.8. The first kappa shape index (κ1) is 22.0. The Bertz CT molecular complexity index is 1400. The van der Waals surface area contributed by atoms with Crippen LogP contribution in [-0.2, 0) is 17.8 Å². The van der Waals surface area contributed by atoms with Crippen LogP contribution < -0.4 is 21.2 Å². The lowest BCUT2D eigenvalue weighted by Crippen LogP contribution is -2.48. The van der Waals surface area contributed by atoms with E-state index in [-0.39, 0.29) is 17.0 Å². The number of morpholine rings is 1. The van der Waals surface area contributed by atoms with Gasteiger partial charge in [-0.3, -0.25) is 18.9 Å². The van der Waals surface area contributed by atoms with Crippen molar-refractivity contribution in [2.24, 2.45) is 0 Å². The van der Waals surface area contributed by atoms with Crippen LogP contribution in [0.2, 0.25) is 0 Å². The first-order chi connectivity index (χ1) is 16.6. The van der Waals surface area contributed by atoms with Crippen LogP contribution in [0.15, 0.2) is 65.6 Å². The Labute approximate surface area is 196 Å². The molecule has 34 heavy (non-hydrogen) atoms. The normalized spacial score (nSPS) is 14.5. The van der Waals surface area contributed by atoms with Gasteiger partial charge in [0.1, 0.15) is 10.9 Å². The zero-order valence-corrected chi connectivity index (χ0v) is 18.8. The van der Waals surface area contributed by atoms with Crippen molar-refractivity contribution in [1.82, 2.24) is 19.6 Å². The molecule has 5 rings (SSSR count). The predicted molar refractivity (Wildman–Crippen MR) is 128 cm³/mol. The van der Waals surface area contributed by atoms with Crippen LogP contribution in [0, 0.1) is 0 Å². The van der Waals surface area contributed by atoms with Gasteiger partial charge in [0.25, 0.3) is 17.1 Å². The summed E-state index contributed by atoms with van der Waals surface area (Å²) >= 11 is 0. The molecule has 1 aliphatic rings. The molecule has 3 aromatic heterocycles. The third kappa shape index (κ3) is 4.35. The number of carbonyl (C=O) groups excluding carboxylic acids is 1. The van der Waals surface area contributed by atoms with Crippen molar-refractivity contribution in [1.29, 1.82) is 0 Å². The minimum atomic E-state index is -0.332. The SMILES string of the molecule is Nc1c(C(=O)NCc2ccccc2)cc2c(=O)n3ccccc3nc2[n+]1CCN1CCOCC1. The number of rotatable bonds is 6. The topological polar surface area (TPSA) is 106 Å². The maximum Gasteiger partial charge on any atom is 0.278 e. The van der Waals surface area contributed by atoms with E-state index < -0.39 is 0 Å². The Morgan fingerprint density at radius 2 is 1.88 bits per heavy atom. The van der Waals surface area contributed by atoms with Gasteiger partial charge in [0.05, 0.1) is 19.8 Å². The van der Waals surface area contributed by atoms with Gasteiger partial charge in [-0.2, -0.15) is 0 Å². The number of nitrogens with zero attached hydrogens (tertiary/aromatic N) is 4. The Kier molecular flexibility index (Phi) is 6.20. The number of anilines is 1. The molecule has 9 nitrogen and oxygen atoms in total. The fourth-order valence-electron chi connectivity index (χ4n) is 4.25. The Morgan fingerprint density at radius 1 is 1.12 bits per heavy atom. The van der Waals surface area contributed by atoms with Crippen molar-refractivity contribution in [3.05, 3.63) is 82.3 Å². The third-order valence-corrected chi connectivity index (χ3v) is 6.14. The number of ether oxygens (including phenoxy) is 1. The van der Waals surface area contributed by atoms with Gasteiger partial charge in [-0.25, -0.2) is 4.57 Å². The second kappa shape index (κ2) is 9.58. The number of hydrogen-bond donors (Lipinski definition) is 2. The van der Waals surface area contributed by atoms with Crippen LogP contribution in [0.25, 0.3) is 16.7 Å². The van der Waals surface area contributed by atoms with E-state index in [4.69, 9.17) is 15.5 Å². The molecule has 0 atom stereocenters. The summed E-state index contributed by atoms with van der Waals surface area (Å²) in [4.78, 5) is 33.5. The van der Waals surface area contributed by atoms with Gasteiger partial charge in [0.2, 0.25) is 11.5 Å². The van der Waals surface area contributed by atoms with Crippen molar-refractivity contribution in [2.45, 2.75) is 13.1 Å². The first-order valence-corrected chi connectivity index (χ1v) is 11.4. The van der Waals surface area contributed by atoms with E-state index in [0.29, 0.717) is 55.3 Å². The van der Waals surface area contributed by atoms with E-state index in [9.17, 15) is 9.59 Å². The maximum absolute atomic E-state index is 13.3. The standard InChI is InChI=1S/C25H26N6O3/c26-22-19(24(32)27-17-18-6-2-1-3-7-18)16-20-23(28-21-8-4-5-9-30(21)25(20)33)31(22)11-10-29-12-14-34-15-13-29/h1-9,16,26H,10-15,17H2,(H,27,32)/p+1. The number of pyridine rings is 2. The average Bonchev–Trinajstić information content (AvgIpc) is 2.88. The second-order valence-electron chi connectivity index (χ2n) is 8.30. The van der Waals surface area contributed by atoms with Gasteiger partial charge in [-0.05, 0) is 23.8 Å². The van der Waals surface area contributed by atoms with E-state index in [1.54, 1.807) is 29.0 Å². The van der Waals surface area contributed by atoms with Crippen molar-refractivity contribution in [3.8, 4) is 0 Å². The Morgan fingerprint density at radius 3 is 2.68 bits per heavy atom. The van der Waals surface area contributed by atoms with E-state index in [2.05, 4.69) is 10.2 Å². The molecular weight excluding hydrogens is 432 g/mol. The van der Waals surface area contributed by atoms with E-state index in [1.807, 2.05) is 36.4 Å². The number of fused-ring (bicyclic) bond motifs is 2. The average molecular weight is 460 g/mol. The van der Waals surface area contributed by atoms with Gasteiger partial charge in [0.15, 0.2) is 0 Å². The highest BCUT2D eigenvalue weighted by Gasteiger charge is 2.25. The molecule has 4 heterocycles. The van der Waals surface area contributed by atoms with E-state index in [0.717, 1.165) is 18.7 Å². The van der Waals surface area contributed by atoms with Gasteiger partial charge in [0, 0.05) is 32.4 Å². The fraction of sp³-hybridized carbons (Fsp3) is 0.280. The summed E-state index contributed by atoms with van der Waals surface area (Å²) in [6.45, 7) is 4.60. The minimum Gasteiger partial charge on any atom is -0.379 e. The number of nitrogens with one attached hydrogen (secondary N) is 1. The highest BCUT2D eigenvalue weighted by molar-refractivity contribution is 6.00. The third-order valence-electron chi connectivity index (χ3n) is 6.14. The predicted octanol–water partition coefficient (Wildman–Crippen LogP) is 0.980. The fourth-order valence-corrected chi connectivity index (χ4v) is 4.25. The summed E-state index contributed by atoms with van der Waals surface area (Å²) in [5.41, 5.74) is 8.54. The smallest absolute Gasteiger partial charge is 0.278 e. The number of nitrogens with two attached hydrogens (primary N) is 1. The summed E-state index contributed by atoms with van der Waals surface area (Å²) in [6, 6.07) is 16.6. The van der Waals surface area contributed by atoms with Gasteiger partial charge >= 0.3 is 0 Å². The van der Waals surface area contributed by atoms with Gasteiger partial charge < -0.3 is 15.8 Å². The molecule has 0 aliphatic carbocycles. The van der Waals surface area contributed by atoms with Crippen molar-refractivity contribution < 1.29 is 14.1 Å². The Balaban J connectivity index is 1.56. The van der Waals surface area contributed by atoms with Gasteiger partial charge in [-0.15, -0.1) is 0 Å². The number of benzene rings is 1. The quantitative estimate of drug-likeness (QED) is 0.329. The van der Waals surface area contributed by atoms with Crippen LogP contribution in [0.5, 0.6) is 0 Å². The summed E-state index contributed by atoms with van der Waals surface area (Å²) in [7, 11) is 0. The molecule has 1 aliphatic heterocycles. The minimum absolute atomic E-state index is 0.238. The van der Waals surface area contributed by atoms with Crippen LogP contribution in [0.4, 0.5) is 5.82 Å². The monoisotopic (exact) mass is 459 g/mol. The van der Waals surface area contributed by atoms with Gasteiger partial charge in [-0.1, -0.05) is 41.4 Å². The summed E-state index contributed by atoms with van der Waals surface area (Å²) < 4.78 is 8.71. The molecule has 1 amide bonds. The molecule has 4 aromatic rings. The van der Waals surface area contributed by atoms with Crippen LogP contribution in [0.3, 0.4) is 0 Å².